The van der Waals surface area contributed by atoms with E-state index < -0.39 is 63.7 Å². The van der Waals surface area contributed by atoms with E-state index >= 15 is 0 Å². The molecule has 120 heavy (non-hydrogen) atoms. The number of benzene rings is 6. The number of anilines is 7. The summed E-state index contributed by atoms with van der Waals surface area (Å²) >= 11 is 48.1. The number of carbonyl (C=O) groups excluding carboxylic acids is 4. The Labute approximate surface area is 734 Å². The summed E-state index contributed by atoms with van der Waals surface area (Å²) in [6, 6.07) is 42.4. The van der Waals surface area contributed by atoms with Gasteiger partial charge >= 0.3 is 0 Å². The Morgan fingerprint density at radius 2 is 0.792 bits per heavy atom. The smallest absolute Gasteiger partial charge is 0.279 e. The number of carbonyl (C=O) groups is 4. The Hall–Kier alpha value is -9.97. The first-order chi connectivity index (χ1) is 56.5. The Morgan fingerprint density at radius 1 is 0.425 bits per heavy atom. The average molecular weight is 1870 g/mol. The molecule has 11 aromatic rings. The van der Waals surface area contributed by atoms with Crippen LogP contribution in [-0.4, -0.2) is 140 Å². The number of para-hydroxylation sites is 2. The number of amides is 4. The fraction of sp³-hybridized carbons (Fsp3) is 0.198. The molecule has 0 spiro atoms. The number of fused-ring (bicyclic) bond motifs is 1. The van der Waals surface area contributed by atoms with Crippen molar-refractivity contribution < 1.29 is 62.3 Å². The van der Waals surface area contributed by atoms with E-state index in [-0.39, 0.29) is 97.4 Å². The van der Waals surface area contributed by atoms with E-state index in [1.54, 1.807) is 95.1 Å². The zero-order chi connectivity index (χ0) is 87.6. The van der Waals surface area contributed by atoms with Crippen LogP contribution in [0.3, 0.4) is 0 Å². The van der Waals surface area contributed by atoms with Crippen molar-refractivity contribution in [2.24, 2.45) is 0 Å². The Balaban J connectivity index is 0.000000168. The fourth-order valence-electron chi connectivity index (χ4n) is 11.8. The van der Waals surface area contributed by atoms with Crippen LogP contribution in [0.25, 0.3) is 0 Å². The molecule has 5 aromatic heterocycles. The topological polar surface area (TPSA) is 349 Å². The SMILES string of the molecule is Cc1cc(S(=O)(=O)Nc2cc(Cl)cnc2C(=O)N2CC(C)OC(C)C2)ccc1Cl.Cc1cc(S(=O)(=O)Nc2cc(Cl)cnc2C(=O)N2CCOc3ccccc32)ccc1Cl.Cc1cccc(N(C)C(=O)c2ncc(Cl)cc2NS(=O)(=O)c2ccc(Cl)c(C)c2)c1.Cc1cccc(N(C)C(=O)c2ncc(Cl)cc2NS(=O)(=O)c2ccc(Cl)c(C)c2)n1. The maximum Gasteiger partial charge on any atom is 0.279 e. The van der Waals surface area contributed by atoms with Gasteiger partial charge in [0.05, 0.1) is 86.9 Å². The van der Waals surface area contributed by atoms with E-state index in [9.17, 15) is 52.8 Å². The van der Waals surface area contributed by atoms with Gasteiger partial charge in [0.15, 0.2) is 22.8 Å². The number of ether oxygens (including phenoxy) is 2. The molecule has 4 N–H and O–H groups in total. The molecule has 7 heterocycles. The van der Waals surface area contributed by atoms with Crippen molar-refractivity contribution in [3.63, 3.8) is 0 Å². The fourth-order valence-corrected chi connectivity index (χ4v) is 17.5. The summed E-state index contributed by atoms with van der Waals surface area (Å²) in [5.74, 6) is -0.934. The van der Waals surface area contributed by atoms with Gasteiger partial charge in [-0.15, -0.1) is 0 Å². The zero-order valence-corrected chi connectivity index (χ0v) is 74.6. The van der Waals surface area contributed by atoms with Crippen LogP contribution < -0.4 is 38.3 Å². The molecule has 39 heteroatoms. The highest BCUT2D eigenvalue weighted by Gasteiger charge is 2.33. The molecule has 6 aromatic carbocycles. The number of nitrogens with one attached hydrogen (secondary N) is 4. The van der Waals surface area contributed by atoms with Gasteiger partial charge in [-0.25, -0.2) is 58.6 Å². The van der Waals surface area contributed by atoms with Gasteiger partial charge in [0.25, 0.3) is 63.7 Å². The Kier molecular flexibility index (Phi) is 30.2. The lowest BCUT2D eigenvalue weighted by molar-refractivity contribution is -0.0587. The largest absolute Gasteiger partial charge is 0.490 e. The summed E-state index contributed by atoms with van der Waals surface area (Å²) in [5, 5.41) is 2.56. The number of nitrogens with zero attached hydrogens (tertiary/aromatic N) is 9. The normalized spacial score (nSPS) is 13.8. The van der Waals surface area contributed by atoms with Gasteiger partial charge in [-0.3, -0.25) is 43.0 Å². The maximum absolute atomic E-state index is 13.3. The van der Waals surface area contributed by atoms with Crippen molar-refractivity contribution in [1.82, 2.24) is 29.8 Å². The number of aromatic nitrogens is 5. The van der Waals surface area contributed by atoms with Crippen LogP contribution in [0.1, 0.15) is 89.3 Å². The molecule has 0 saturated carbocycles. The van der Waals surface area contributed by atoms with Crippen molar-refractivity contribution >= 4 is 196 Å². The number of pyridine rings is 5. The molecule has 2 atom stereocenters. The number of hydrogen-bond donors (Lipinski definition) is 4. The van der Waals surface area contributed by atoms with Crippen molar-refractivity contribution in [1.29, 1.82) is 0 Å². The molecule has 27 nitrogen and oxygen atoms in total. The number of morpholine rings is 1. The summed E-state index contributed by atoms with van der Waals surface area (Å²) in [5.41, 5.74) is 5.04. The molecule has 13 rings (SSSR count). The minimum Gasteiger partial charge on any atom is -0.490 e. The molecule has 0 radical (unpaired) electrons. The molecule has 0 aliphatic carbocycles. The Bertz CT molecular complexity index is 6090. The molecule has 628 valence electrons. The quantitative estimate of drug-likeness (QED) is 0.0620. The lowest BCUT2D eigenvalue weighted by Gasteiger charge is -2.35. The van der Waals surface area contributed by atoms with Gasteiger partial charge in [-0.05, 0) is 217 Å². The van der Waals surface area contributed by atoms with Gasteiger partial charge < -0.3 is 24.2 Å². The molecular weight excluding hydrogens is 1790 g/mol. The first-order valence-electron chi connectivity index (χ1n) is 35.8. The van der Waals surface area contributed by atoms with Crippen molar-refractivity contribution in [2.75, 3.05) is 73.9 Å². The lowest BCUT2D eigenvalue weighted by atomic mass is 10.2. The van der Waals surface area contributed by atoms with Crippen LogP contribution in [0.2, 0.25) is 40.2 Å². The molecule has 2 aliphatic rings. The van der Waals surface area contributed by atoms with Crippen LogP contribution in [0.15, 0.2) is 208 Å². The second-order valence-electron chi connectivity index (χ2n) is 27.2. The third-order valence-corrected chi connectivity index (χ3v) is 25.8. The van der Waals surface area contributed by atoms with E-state index in [4.69, 9.17) is 102 Å². The number of hydrogen-bond acceptors (Lipinski definition) is 19. The van der Waals surface area contributed by atoms with E-state index in [1.165, 1.54) is 144 Å². The molecule has 2 aliphatic heterocycles. The van der Waals surface area contributed by atoms with Crippen molar-refractivity contribution in [3.8, 4) is 5.75 Å². The van der Waals surface area contributed by atoms with Crippen molar-refractivity contribution in [3.05, 3.63) is 285 Å². The van der Waals surface area contributed by atoms with Gasteiger partial charge in [-0.2, -0.15) is 0 Å². The van der Waals surface area contributed by atoms with Crippen molar-refractivity contribution in [2.45, 2.75) is 87.2 Å². The number of rotatable bonds is 18. The van der Waals surface area contributed by atoms with E-state index in [2.05, 4.69) is 43.8 Å². The van der Waals surface area contributed by atoms with Crippen LogP contribution in [0.4, 0.5) is 39.9 Å². The molecule has 0 bridgehead atoms. The van der Waals surface area contributed by atoms with Gasteiger partial charge in [0, 0.05) is 83.4 Å². The predicted octanol–water partition coefficient (Wildman–Crippen LogP) is 17.8. The number of halogens is 8. The highest BCUT2D eigenvalue weighted by molar-refractivity contribution is 7.93. The highest BCUT2D eigenvalue weighted by Crippen LogP contribution is 2.36. The second-order valence-corrected chi connectivity index (χ2v) is 37.3. The van der Waals surface area contributed by atoms with Gasteiger partial charge in [-0.1, -0.05) is 123 Å². The van der Waals surface area contributed by atoms with Crippen LogP contribution in [0.5, 0.6) is 5.75 Å². The van der Waals surface area contributed by atoms with Crippen LogP contribution in [-0.2, 0) is 44.8 Å². The van der Waals surface area contributed by atoms with Gasteiger partial charge in [0.1, 0.15) is 18.2 Å². The minimum absolute atomic E-state index is 0.00326. The Morgan fingerprint density at radius 3 is 1.18 bits per heavy atom. The minimum atomic E-state index is -4.02. The second kappa shape index (κ2) is 39.3. The van der Waals surface area contributed by atoms with E-state index in [0.29, 0.717) is 91.5 Å². The molecule has 1 saturated heterocycles. The predicted molar refractivity (Wildman–Crippen MR) is 470 cm³/mol. The molecule has 4 amide bonds. The first-order valence-corrected chi connectivity index (χ1v) is 44.8. The van der Waals surface area contributed by atoms with Gasteiger partial charge in [0.2, 0.25) is 0 Å². The third-order valence-electron chi connectivity index (χ3n) is 17.9. The van der Waals surface area contributed by atoms with E-state index in [1.807, 2.05) is 39.0 Å². The zero-order valence-electron chi connectivity index (χ0n) is 65.3. The van der Waals surface area contributed by atoms with E-state index in [0.717, 1.165) is 11.3 Å². The monoisotopic (exact) mass is 1860 g/mol. The maximum atomic E-state index is 13.3. The lowest BCUT2D eigenvalue weighted by Crippen LogP contribution is -2.48. The number of aryl methyl sites for hydroxylation is 6. The number of sulfonamides is 4. The summed E-state index contributed by atoms with van der Waals surface area (Å²) < 4.78 is 124. The summed E-state index contributed by atoms with van der Waals surface area (Å²) in [6.07, 6.45) is 4.91. The summed E-state index contributed by atoms with van der Waals surface area (Å²) in [7, 11) is -12.9. The highest BCUT2D eigenvalue weighted by atomic mass is 35.5. The molecule has 1 fully saturated rings. The molecule has 2 unspecified atom stereocenters. The third kappa shape index (κ3) is 23.2. The molecular formula is C81H75Cl8N13O14S4. The average Bonchev–Trinajstić information content (AvgIpc) is 0.790. The van der Waals surface area contributed by atoms with Crippen LogP contribution in [0, 0.1) is 41.5 Å². The summed E-state index contributed by atoms with van der Waals surface area (Å²) in [4.78, 5) is 79.0. The first kappa shape index (κ1) is 92.3. The standard InChI is InChI=1S/C21H17Cl2N3O4S.C21H19Cl2N3O3S.C20H18Cl2N4O3S.C19H21Cl2N3O4S/c1-13-10-15(6-7-16(13)23)31(28,29)25-17-11-14(22)12-24-20(17)21(27)26-8-9-30-19-5-3-2-4-18(19)26;1-13-5-4-6-16(9-13)26(3)21(27)20-19(11-15(22)12-24-20)25-30(28,29)17-7-8-18(23)14(2)10-17;1-12-9-15(7-8-16(12)22)30(28,29)25-17-10-14(21)11-23-19(17)20(27)26(3)18-6-4-5-13(2)24-18;1-11-6-15(4-5-16(11)21)29(26,27)23-17-7-14(20)8-22-18(17)19(25)24-9-12(2)28-13(3)10-24/h2-7,10-12,25H,8-9H2,1H3;4-12,25H,1-3H3;4-11,25H,1-3H3;4-8,12-13,23H,9-10H2,1-3H3. The van der Waals surface area contributed by atoms with Crippen LogP contribution >= 0.6 is 92.8 Å². The summed E-state index contributed by atoms with van der Waals surface area (Å²) in [6.45, 7) is 15.6.